The monoisotopic (exact) mass is 1140 g/mol. The minimum Gasteiger partial charge on any atom is -0.508 e. The van der Waals surface area contributed by atoms with Crippen LogP contribution in [-0.2, 0) is 19.1 Å². The smallest absolute Gasteiger partial charge is 0.336 e. The molecule has 0 amide bonds. The molecule has 0 radical (unpaired) electrons. The Labute approximate surface area is 482 Å². The highest BCUT2D eigenvalue weighted by Gasteiger charge is 2.46. The lowest BCUT2D eigenvalue weighted by Gasteiger charge is -2.39. The number of aliphatic hydroxyl groups excluding tert-OH is 8. The highest BCUT2D eigenvalue weighted by Crippen LogP contribution is 2.42. The van der Waals surface area contributed by atoms with E-state index in [1.807, 2.05) is 57.2 Å². The van der Waals surface area contributed by atoms with E-state index in [0.29, 0.717) is 5.75 Å². The lowest BCUT2D eigenvalue weighted by Crippen LogP contribution is -2.60. The van der Waals surface area contributed by atoms with Gasteiger partial charge in [0.25, 0.3) is 0 Å². The van der Waals surface area contributed by atoms with E-state index in [0.717, 1.165) is 23.1 Å². The van der Waals surface area contributed by atoms with Gasteiger partial charge in [0.15, 0.2) is 0 Å². The van der Waals surface area contributed by atoms with E-state index in [9.17, 15) is 45.3 Å². The zero-order valence-corrected chi connectivity index (χ0v) is 49.0. The number of halogens is 1. The van der Waals surface area contributed by atoms with Crippen LogP contribution >= 0.6 is 11.6 Å². The first kappa shape index (κ1) is 67.8. The summed E-state index contributed by atoms with van der Waals surface area (Å²) in [5.74, 6) is 0.388. The number of carbonyl (C=O) groups is 2. The largest absolute Gasteiger partial charge is 0.508 e. The number of phenols is 1. The number of carbonyl (C=O) groups excluding carboxylic acids is 2. The summed E-state index contributed by atoms with van der Waals surface area (Å²) < 4.78 is 26.7. The lowest BCUT2D eigenvalue weighted by molar-refractivity contribution is -0.277. The van der Waals surface area contributed by atoms with Crippen LogP contribution in [0.2, 0.25) is 0 Å². The van der Waals surface area contributed by atoms with E-state index in [1.165, 1.54) is 121 Å². The molecule has 81 heavy (non-hydrogen) atoms. The first-order valence-corrected chi connectivity index (χ1v) is 27.6. The zero-order valence-electron chi connectivity index (χ0n) is 48.2. The molecule has 16 nitrogen and oxygen atoms in total. The van der Waals surface area contributed by atoms with Gasteiger partial charge < -0.3 is 69.6 Å². The van der Waals surface area contributed by atoms with Gasteiger partial charge in [-0.3, -0.25) is 4.79 Å². The van der Waals surface area contributed by atoms with E-state index >= 15 is 0 Å². The van der Waals surface area contributed by atoms with Gasteiger partial charge in [-0.15, -0.1) is 0 Å². The van der Waals surface area contributed by atoms with Crippen molar-refractivity contribution in [3.05, 3.63) is 166 Å². The summed E-state index contributed by atoms with van der Waals surface area (Å²) in [6.45, 7) is 20.4. The molecule has 4 unspecified atom stereocenters. The van der Waals surface area contributed by atoms with E-state index in [4.69, 9.17) is 45.5 Å². The van der Waals surface area contributed by atoms with Crippen molar-refractivity contribution in [2.24, 2.45) is 10.8 Å². The summed E-state index contributed by atoms with van der Waals surface area (Å²) in [5, 5.41) is 85.8. The summed E-state index contributed by atoms with van der Waals surface area (Å²) in [4.78, 5) is 23.1. The van der Waals surface area contributed by atoms with Crippen LogP contribution in [0.3, 0.4) is 0 Å². The van der Waals surface area contributed by atoms with Crippen LogP contribution in [0.4, 0.5) is 0 Å². The molecule has 10 atom stereocenters. The maximum absolute atomic E-state index is 12.3. The lowest BCUT2D eigenvalue weighted by atomic mass is 9.72. The normalized spacial score (nSPS) is 27.5. The third-order valence-electron chi connectivity index (χ3n) is 14.3. The molecular weight excluding hydrogens is 1060 g/mol. The zero-order chi connectivity index (χ0) is 60.2. The summed E-state index contributed by atoms with van der Waals surface area (Å²) in [6, 6.07) is 11.7. The molecule has 0 spiro atoms. The fourth-order valence-electron chi connectivity index (χ4n) is 9.58. The number of aromatic hydroxyl groups is 1. The van der Waals surface area contributed by atoms with Crippen LogP contribution < -0.4 is 14.2 Å². The van der Waals surface area contributed by atoms with E-state index in [-0.39, 0.29) is 28.1 Å². The minimum atomic E-state index is -1.54. The molecule has 2 aliphatic heterocycles. The number of benzene rings is 2. The second kappa shape index (κ2) is 32.2. The van der Waals surface area contributed by atoms with Crippen molar-refractivity contribution in [2.75, 3.05) is 13.2 Å². The number of esters is 1. The third kappa shape index (κ3) is 21.5. The van der Waals surface area contributed by atoms with Crippen molar-refractivity contribution >= 4 is 22.8 Å². The van der Waals surface area contributed by atoms with Crippen LogP contribution in [0.5, 0.6) is 23.0 Å². The molecule has 0 bridgehead atoms. The SMILES string of the molecule is CC1=C(/C=C/C(C)=C/C=C/C(C)=C/C(=O)Cl)C(C)(C)CCC1.CC1=C(/C=C/C(C)=C/C=C/C(C)=C/C(=O)Oc2ccc(O[C@@H]3OC(CO)[C@@H](O)[C@H](O)C3O)cc2)C(C)(C)CCC1.OCC1O[C@@H](Oc2ccc(O)cc2)C(O)[C@@H](O)[C@@H]1O. The highest BCUT2D eigenvalue weighted by atomic mass is 35.5. The quantitative estimate of drug-likeness (QED) is 0.0235. The van der Waals surface area contributed by atoms with E-state index in [1.54, 1.807) is 0 Å². The number of rotatable bonds is 17. The van der Waals surface area contributed by atoms with Gasteiger partial charge in [0.2, 0.25) is 17.8 Å². The molecule has 2 aromatic carbocycles. The van der Waals surface area contributed by atoms with Gasteiger partial charge in [0, 0.05) is 12.2 Å². The second-order valence-corrected chi connectivity index (χ2v) is 22.5. The molecule has 0 aromatic heterocycles. The molecule has 17 heteroatoms. The summed E-state index contributed by atoms with van der Waals surface area (Å²) >= 11 is 5.31. The molecule has 2 fully saturated rings. The molecule has 444 valence electrons. The predicted molar refractivity (Wildman–Crippen MR) is 312 cm³/mol. The standard InChI is InChI=1S/C32H42O8.C20H27ClO.C12H16O7/c1-20(11-16-25-22(3)10-7-17-32(25,4)5)8-6-9-21(2)18-27(34)38-23-12-14-24(15-13-23)39-31-30(37)29(36)28(35)26(19-33)40-31;1-15(8-6-9-16(2)14-19(21)22)11-12-18-17(3)10-7-13-20(18,4)5;13-5-8-9(15)10(16)11(17)12(19-8)18-7-3-1-6(14)2-4-7/h6,8-9,11-16,18,26,28-31,33,35-37H,7,10,17,19H2,1-5H3;6,8-9,11-12,14H,7,10,13H2,1-5H3;1-4,8-17H,5H2/b9-6+,16-11+,20-8+,21-18+;9-6+,12-11+,15-8+,16-14+;/t26?,28-,29+,30?,31-;;8?,9-,10+,11?,12-/m1.1/s1. The number of allylic oxidation sites excluding steroid dienone is 19. The van der Waals surface area contributed by atoms with E-state index < -0.39 is 85.8 Å². The number of hydrogen-bond donors (Lipinski definition) is 9. The molecule has 9 N–H and O–H groups in total. The Morgan fingerprint density at radius 1 is 0.568 bits per heavy atom. The van der Waals surface area contributed by atoms with Gasteiger partial charge in [0.1, 0.15) is 71.8 Å². The Kier molecular flexibility index (Phi) is 26.9. The Hall–Kier alpha value is -5.73. The number of ether oxygens (including phenoxy) is 5. The molecule has 2 aliphatic carbocycles. The van der Waals surface area contributed by atoms with Gasteiger partial charge in [-0.25, -0.2) is 4.79 Å². The fourth-order valence-corrected chi connectivity index (χ4v) is 9.75. The molecule has 0 saturated carbocycles. The molecular formula is C64H85ClO16. The van der Waals surface area contributed by atoms with Crippen LogP contribution in [0, 0.1) is 10.8 Å². The Balaban J connectivity index is 0.000000289. The average molecular weight is 1150 g/mol. The van der Waals surface area contributed by atoms with E-state index in [2.05, 4.69) is 72.8 Å². The van der Waals surface area contributed by atoms with Crippen LogP contribution in [0.15, 0.2) is 166 Å². The molecule has 2 aromatic rings. The Morgan fingerprint density at radius 2 is 0.951 bits per heavy atom. The number of phenolic OH excluding ortho intramolecular Hbond substituents is 1. The maximum atomic E-state index is 12.3. The fraction of sp³-hybridized carbons (Fsp3) is 0.469. The van der Waals surface area contributed by atoms with Crippen molar-refractivity contribution in [2.45, 2.75) is 169 Å². The maximum Gasteiger partial charge on any atom is 0.336 e. The third-order valence-corrected chi connectivity index (χ3v) is 14.4. The second-order valence-electron chi connectivity index (χ2n) is 22.2. The molecule has 4 aliphatic rings. The molecule has 6 rings (SSSR count). The van der Waals surface area contributed by atoms with Crippen molar-refractivity contribution < 1.29 is 79.2 Å². The van der Waals surface area contributed by atoms with Gasteiger partial charge in [-0.1, -0.05) is 111 Å². The predicted octanol–water partition coefficient (Wildman–Crippen LogP) is 9.16. The molecule has 2 heterocycles. The number of hydrogen-bond acceptors (Lipinski definition) is 16. The first-order chi connectivity index (χ1) is 38.2. The Bertz CT molecular complexity index is 2700. The molecule has 2 saturated heterocycles. The summed E-state index contributed by atoms with van der Waals surface area (Å²) in [7, 11) is 0. The van der Waals surface area contributed by atoms with Gasteiger partial charge in [-0.2, -0.15) is 0 Å². The van der Waals surface area contributed by atoms with Gasteiger partial charge in [0.05, 0.1) is 13.2 Å². The minimum absolute atomic E-state index is 0.0566. The number of aliphatic hydroxyl groups is 8. The summed E-state index contributed by atoms with van der Waals surface area (Å²) in [6.07, 6.45) is 17.1. The van der Waals surface area contributed by atoms with Crippen LogP contribution in [0.1, 0.15) is 108 Å². The summed E-state index contributed by atoms with van der Waals surface area (Å²) in [5.41, 5.74) is 10.2. The topological polar surface area (TPSA) is 262 Å². The van der Waals surface area contributed by atoms with Crippen molar-refractivity contribution in [3.8, 4) is 23.0 Å². The van der Waals surface area contributed by atoms with Crippen molar-refractivity contribution in [1.82, 2.24) is 0 Å². The average Bonchev–Trinajstić information content (AvgIpc) is 3.42. The van der Waals surface area contributed by atoms with Crippen molar-refractivity contribution in [3.63, 3.8) is 0 Å². The van der Waals surface area contributed by atoms with Gasteiger partial charge in [-0.05, 0) is 173 Å². The van der Waals surface area contributed by atoms with Gasteiger partial charge >= 0.3 is 5.97 Å². The Morgan fingerprint density at radius 3 is 1.33 bits per heavy atom. The van der Waals surface area contributed by atoms with Crippen molar-refractivity contribution in [1.29, 1.82) is 0 Å². The highest BCUT2D eigenvalue weighted by molar-refractivity contribution is 6.66. The van der Waals surface area contributed by atoms with Crippen LogP contribution in [0.25, 0.3) is 0 Å². The first-order valence-electron chi connectivity index (χ1n) is 27.2. The van der Waals surface area contributed by atoms with Crippen LogP contribution in [-0.4, -0.2) is 132 Å².